The van der Waals surface area contributed by atoms with E-state index in [1.165, 1.54) is 47.1 Å². The predicted octanol–water partition coefficient (Wildman–Crippen LogP) is 5.66. The van der Waals surface area contributed by atoms with E-state index in [0.29, 0.717) is 18.7 Å². The molecule has 1 unspecified atom stereocenters. The highest BCUT2D eigenvalue weighted by Crippen LogP contribution is 2.40. The number of nitrogens with zero attached hydrogens (tertiary/aromatic N) is 2. The van der Waals surface area contributed by atoms with Gasteiger partial charge in [-0.05, 0) is 63.6 Å². The maximum Gasteiger partial charge on any atom is 0.146 e. The van der Waals surface area contributed by atoms with E-state index >= 15 is 0 Å². The molecule has 1 aliphatic carbocycles. The fourth-order valence-corrected chi connectivity index (χ4v) is 4.29. The Morgan fingerprint density at radius 2 is 1.61 bits per heavy atom. The van der Waals surface area contributed by atoms with Crippen molar-refractivity contribution in [2.45, 2.75) is 67.0 Å². The van der Waals surface area contributed by atoms with Crippen LogP contribution in [-0.2, 0) is 0 Å². The molecule has 0 spiro atoms. The van der Waals surface area contributed by atoms with E-state index in [1.54, 1.807) is 0 Å². The molecule has 1 fully saturated rings. The lowest BCUT2D eigenvalue weighted by atomic mass is 9.82. The maximum absolute atomic E-state index is 6.15. The minimum Gasteiger partial charge on any atom is -0.382 e. The van der Waals surface area contributed by atoms with Crippen LogP contribution in [0.25, 0.3) is 5.70 Å². The van der Waals surface area contributed by atoms with E-state index in [2.05, 4.69) is 85.4 Å². The van der Waals surface area contributed by atoms with Gasteiger partial charge in [-0.15, -0.1) is 0 Å². The van der Waals surface area contributed by atoms with Crippen LogP contribution in [0.3, 0.4) is 0 Å². The Kier molecular flexibility index (Phi) is 7.42. The van der Waals surface area contributed by atoms with Gasteiger partial charge in [-0.25, -0.2) is 4.99 Å². The third kappa shape index (κ3) is 4.95. The van der Waals surface area contributed by atoms with E-state index in [4.69, 9.17) is 5.73 Å². The number of fused-ring (bicyclic) bond motifs is 1. The monoisotopic (exact) mass is 418 g/mol. The van der Waals surface area contributed by atoms with Gasteiger partial charge in [0.15, 0.2) is 0 Å². The van der Waals surface area contributed by atoms with Gasteiger partial charge in [0, 0.05) is 5.56 Å². The van der Waals surface area contributed by atoms with Crippen molar-refractivity contribution in [3.05, 3.63) is 76.0 Å². The molecule has 1 atom stereocenters. The molecule has 0 bridgehead atoms. The van der Waals surface area contributed by atoms with E-state index < -0.39 is 0 Å². The molecule has 2 heterocycles. The summed E-state index contributed by atoms with van der Waals surface area (Å²) in [5, 5.41) is 3.73. The van der Waals surface area contributed by atoms with Gasteiger partial charge in [0.2, 0.25) is 0 Å². The number of nitrogens with one attached hydrogen (secondary N) is 1. The first-order chi connectivity index (χ1) is 14.9. The fourth-order valence-electron chi connectivity index (χ4n) is 4.29. The van der Waals surface area contributed by atoms with Crippen LogP contribution in [0.2, 0.25) is 0 Å². The van der Waals surface area contributed by atoms with Crippen LogP contribution in [0.5, 0.6) is 0 Å². The van der Waals surface area contributed by atoms with Crippen molar-refractivity contribution in [2.75, 3.05) is 6.67 Å². The average Bonchev–Trinajstić information content (AvgIpc) is 3.26. The van der Waals surface area contributed by atoms with Crippen molar-refractivity contribution in [3.8, 4) is 0 Å². The summed E-state index contributed by atoms with van der Waals surface area (Å²) >= 11 is 0. The summed E-state index contributed by atoms with van der Waals surface area (Å²) in [7, 11) is 0. The number of benzene rings is 2. The molecule has 2 aromatic rings. The first kappa shape index (κ1) is 22.9. The Labute approximate surface area is 188 Å². The lowest BCUT2D eigenvalue weighted by molar-refractivity contribution is 0.138. The Hall–Kier alpha value is -2.75. The molecule has 2 aliphatic heterocycles. The van der Waals surface area contributed by atoms with Crippen LogP contribution in [0.4, 0.5) is 0 Å². The summed E-state index contributed by atoms with van der Waals surface area (Å²) in [6, 6.07) is 15.1. The van der Waals surface area contributed by atoms with Crippen LogP contribution in [0, 0.1) is 33.6 Å². The minimum atomic E-state index is 0.371. The van der Waals surface area contributed by atoms with Gasteiger partial charge >= 0.3 is 0 Å². The van der Waals surface area contributed by atoms with E-state index in [9.17, 15) is 0 Å². The molecule has 4 nitrogen and oxygen atoms in total. The van der Waals surface area contributed by atoms with Crippen LogP contribution >= 0.6 is 0 Å². The van der Waals surface area contributed by atoms with Gasteiger partial charge in [-0.3, -0.25) is 0 Å². The van der Waals surface area contributed by atoms with Crippen molar-refractivity contribution < 1.29 is 0 Å². The number of nitrogens with two attached hydrogens (primary N) is 1. The molecule has 166 valence electrons. The Morgan fingerprint density at radius 3 is 2.13 bits per heavy atom. The number of rotatable bonds is 2. The van der Waals surface area contributed by atoms with E-state index in [-0.39, 0.29) is 0 Å². The second-order valence-corrected chi connectivity index (χ2v) is 8.62. The van der Waals surface area contributed by atoms with Crippen LogP contribution in [0.1, 0.15) is 60.9 Å². The van der Waals surface area contributed by atoms with Gasteiger partial charge < -0.3 is 16.0 Å². The van der Waals surface area contributed by atoms with Crippen molar-refractivity contribution in [3.63, 3.8) is 0 Å². The highest BCUT2D eigenvalue weighted by atomic mass is 15.4. The first-order valence-electron chi connectivity index (χ1n) is 11.6. The number of hydrogen-bond donors (Lipinski definition) is 2. The highest BCUT2D eigenvalue weighted by Gasteiger charge is 2.42. The number of aryl methyl sites for hydroxylation is 4. The number of hydrogen-bond acceptors (Lipinski definition) is 4. The molecule has 0 radical (unpaired) electrons. The molecule has 1 saturated carbocycles. The molecule has 0 aromatic heterocycles. The zero-order chi connectivity index (χ0) is 22.5. The zero-order valence-electron chi connectivity index (χ0n) is 20.0. The van der Waals surface area contributed by atoms with E-state index in [0.717, 1.165) is 17.3 Å². The second-order valence-electron chi connectivity index (χ2n) is 8.62. The summed E-state index contributed by atoms with van der Waals surface area (Å²) in [6.45, 7) is 13.2. The molecule has 0 amide bonds. The third-order valence-corrected chi connectivity index (χ3v) is 6.35. The summed E-state index contributed by atoms with van der Waals surface area (Å²) in [5.41, 5.74) is 14.9. The second kappa shape index (κ2) is 10.0. The van der Waals surface area contributed by atoms with Crippen LogP contribution in [0.15, 0.2) is 53.2 Å². The summed E-state index contributed by atoms with van der Waals surface area (Å²) < 4.78 is 0. The Bertz CT molecular complexity index is 952. The van der Waals surface area contributed by atoms with Crippen molar-refractivity contribution >= 4 is 11.5 Å². The van der Waals surface area contributed by atoms with Gasteiger partial charge in [0.05, 0.1) is 5.70 Å². The molecule has 2 aromatic carbocycles. The van der Waals surface area contributed by atoms with E-state index in [1.807, 2.05) is 13.8 Å². The quantitative estimate of drug-likeness (QED) is 0.661. The standard InChI is InChI=1S/C17H22N4.C8H10.C2H6/c1-10-6-7-13(8-11(10)2)14-15-16(18)19-9-21(15)17(20-14)12-4-3-5-12;1-7-4-3-5-8(2)6-7;1-2/h6-8,12,17,20H,3-5,9H2,1-2H3,(H2,18,19);3-6H,1-2H3;1-2H3. The third-order valence-electron chi connectivity index (χ3n) is 6.35. The summed E-state index contributed by atoms with van der Waals surface area (Å²) in [4.78, 5) is 6.80. The molecular weight excluding hydrogens is 380 g/mol. The first-order valence-corrected chi connectivity index (χ1v) is 11.6. The van der Waals surface area contributed by atoms with Crippen molar-refractivity contribution in [2.24, 2.45) is 16.6 Å². The topological polar surface area (TPSA) is 53.6 Å². The van der Waals surface area contributed by atoms with Gasteiger partial charge in [-0.2, -0.15) is 0 Å². The molecular formula is C27H38N4. The molecule has 3 N–H and O–H groups in total. The van der Waals surface area contributed by atoms with Gasteiger partial charge in [0.25, 0.3) is 0 Å². The average molecular weight is 419 g/mol. The molecule has 3 aliphatic rings. The molecule has 31 heavy (non-hydrogen) atoms. The van der Waals surface area contributed by atoms with Crippen LogP contribution < -0.4 is 11.1 Å². The minimum absolute atomic E-state index is 0.371. The van der Waals surface area contributed by atoms with Gasteiger partial charge in [-0.1, -0.05) is 67.8 Å². The predicted molar refractivity (Wildman–Crippen MR) is 133 cm³/mol. The molecule has 5 rings (SSSR count). The summed E-state index contributed by atoms with van der Waals surface area (Å²) in [5.74, 6) is 1.41. The zero-order valence-corrected chi connectivity index (χ0v) is 20.0. The van der Waals surface area contributed by atoms with Crippen molar-refractivity contribution in [1.82, 2.24) is 10.2 Å². The maximum atomic E-state index is 6.15. The Morgan fingerprint density at radius 1 is 0.935 bits per heavy atom. The number of amidine groups is 1. The molecule has 0 saturated heterocycles. The van der Waals surface area contributed by atoms with Gasteiger partial charge in [0.1, 0.15) is 24.4 Å². The normalized spacial score (nSPS) is 19.4. The van der Waals surface area contributed by atoms with Crippen LogP contribution in [-0.4, -0.2) is 23.6 Å². The van der Waals surface area contributed by atoms with Crippen molar-refractivity contribution in [1.29, 1.82) is 0 Å². The lowest BCUT2D eigenvalue weighted by Gasteiger charge is -2.36. The number of aliphatic imine (C=N–C) groups is 1. The SMILES string of the molecule is CC.Cc1ccc(C2=C3C(N)=NCN3C(C3CCC3)N2)cc1C.Cc1cccc(C)c1. The smallest absolute Gasteiger partial charge is 0.146 e. The largest absolute Gasteiger partial charge is 0.382 e. The lowest BCUT2D eigenvalue weighted by Crippen LogP contribution is -2.45. The Balaban J connectivity index is 0.000000230. The summed E-state index contributed by atoms with van der Waals surface area (Å²) in [6.07, 6.45) is 4.33. The fraction of sp³-hybridized carbons (Fsp3) is 0.444. The highest BCUT2D eigenvalue weighted by molar-refractivity contribution is 6.05. The molecule has 4 heteroatoms.